The van der Waals surface area contributed by atoms with Crippen molar-refractivity contribution in [3.63, 3.8) is 0 Å². The van der Waals surface area contributed by atoms with Crippen LogP contribution in [0.15, 0.2) is 17.2 Å². The van der Waals surface area contributed by atoms with E-state index in [0.717, 1.165) is 38.3 Å². The van der Waals surface area contributed by atoms with E-state index in [2.05, 4.69) is 10.3 Å². The minimum atomic E-state index is -4.27. The van der Waals surface area contributed by atoms with Gasteiger partial charge in [0, 0.05) is 19.2 Å². The lowest BCUT2D eigenvalue weighted by Gasteiger charge is -2.27. The van der Waals surface area contributed by atoms with E-state index < -0.39 is 41.0 Å². The molecule has 0 bridgehead atoms. The van der Waals surface area contributed by atoms with Gasteiger partial charge in [0.1, 0.15) is 10.7 Å². The lowest BCUT2D eigenvalue weighted by Crippen LogP contribution is -2.42. The van der Waals surface area contributed by atoms with Gasteiger partial charge in [-0.1, -0.05) is 19.3 Å². The quantitative estimate of drug-likeness (QED) is 0.454. The van der Waals surface area contributed by atoms with Crippen molar-refractivity contribution < 1.29 is 27.1 Å². The highest BCUT2D eigenvalue weighted by Gasteiger charge is 2.30. The Morgan fingerprint density at radius 2 is 2.00 bits per heavy atom. The van der Waals surface area contributed by atoms with Gasteiger partial charge in [-0.25, -0.2) is 26.9 Å². The average Bonchev–Trinajstić information content (AvgIpc) is 3.18. The summed E-state index contributed by atoms with van der Waals surface area (Å²) in [5, 5.41) is 12.5. The number of carbonyl (C=O) groups excluding carboxylic acids is 1. The van der Waals surface area contributed by atoms with Crippen LogP contribution in [0.4, 0.5) is 20.3 Å². The second kappa shape index (κ2) is 10.2. The molecule has 1 aromatic rings. The van der Waals surface area contributed by atoms with Gasteiger partial charge in [0.2, 0.25) is 15.9 Å². The molecular weight excluding hydrogens is 432 g/mol. The summed E-state index contributed by atoms with van der Waals surface area (Å²) in [5.41, 5.74) is 6.30. The highest BCUT2D eigenvalue weighted by molar-refractivity contribution is 7.89. The van der Waals surface area contributed by atoms with Crippen LogP contribution < -0.4 is 20.7 Å². The number of aliphatic hydroxyl groups excluding tert-OH is 1. The van der Waals surface area contributed by atoms with Crippen LogP contribution >= 0.6 is 0 Å². The summed E-state index contributed by atoms with van der Waals surface area (Å²) >= 11 is 0. The first-order chi connectivity index (χ1) is 14.7. The summed E-state index contributed by atoms with van der Waals surface area (Å²) in [6, 6.07) is 0.677. The van der Waals surface area contributed by atoms with Crippen molar-refractivity contribution in [1.82, 2.24) is 9.71 Å². The van der Waals surface area contributed by atoms with Crippen LogP contribution in [0.2, 0.25) is 0 Å². The number of anilines is 2. The molecule has 2 fully saturated rings. The fourth-order valence-corrected chi connectivity index (χ4v) is 5.24. The number of alkyl halides is 2. The summed E-state index contributed by atoms with van der Waals surface area (Å²) in [4.78, 5) is 17.9. The first kappa shape index (κ1) is 23.8. The molecule has 1 aliphatic heterocycles. The maximum atomic E-state index is 12.6. The Kier molecular flexibility index (Phi) is 7.78. The third-order valence-corrected chi connectivity index (χ3v) is 7.22. The van der Waals surface area contributed by atoms with Crippen LogP contribution in [-0.2, 0) is 14.8 Å². The van der Waals surface area contributed by atoms with Gasteiger partial charge in [-0.15, -0.1) is 0 Å². The Balaban J connectivity index is 1.83. The van der Waals surface area contributed by atoms with Crippen molar-refractivity contribution >= 4 is 27.4 Å². The first-order valence-corrected chi connectivity index (χ1v) is 11.9. The van der Waals surface area contributed by atoms with Crippen molar-refractivity contribution in [3.05, 3.63) is 12.3 Å². The number of carbonyl (C=O) groups is 1. The number of aliphatic hydroxyl groups is 1. The minimum absolute atomic E-state index is 0.0835. The van der Waals surface area contributed by atoms with E-state index in [9.17, 15) is 27.1 Å². The topological polar surface area (TPSA) is 138 Å². The molecule has 174 valence electrons. The Morgan fingerprint density at radius 3 is 2.61 bits per heavy atom. The number of amides is 1. The van der Waals surface area contributed by atoms with Crippen LogP contribution in [0.5, 0.6) is 0 Å². The molecule has 3 rings (SSSR count). The van der Waals surface area contributed by atoms with Gasteiger partial charge in [-0.2, -0.15) is 0 Å². The maximum Gasteiger partial charge on any atom is 0.251 e. The number of pyridine rings is 1. The second-order valence-electron chi connectivity index (χ2n) is 8.08. The zero-order valence-electron chi connectivity index (χ0n) is 17.1. The van der Waals surface area contributed by atoms with E-state index in [1.54, 1.807) is 4.90 Å². The molecular formula is C19H29F2N5O4S. The van der Waals surface area contributed by atoms with Crippen molar-refractivity contribution in [3.8, 4) is 0 Å². The van der Waals surface area contributed by atoms with Crippen LogP contribution in [-0.4, -0.2) is 62.6 Å². The molecule has 1 aromatic heterocycles. The van der Waals surface area contributed by atoms with E-state index in [1.165, 1.54) is 6.07 Å². The minimum Gasteiger partial charge on any atom is -0.391 e. The third kappa shape index (κ3) is 6.09. The zero-order chi connectivity index (χ0) is 22.6. The lowest BCUT2D eigenvalue weighted by atomic mass is 9.84. The SMILES string of the molecule is N[C@H](C(=O)Nc1cc(N2CC[C@H](O)C2)c(S(=O)(=O)NCC(F)F)cn1)C1CCCCC1. The Bertz CT molecular complexity index is 880. The van der Waals surface area contributed by atoms with Crippen LogP contribution in [0.1, 0.15) is 38.5 Å². The number of rotatable bonds is 8. The molecule has 2 aliphatic rings. The molecule has 2 heterocycles. The number of hydrogen-bond donors (Lipinski definition) is 4. The zero-order valence-corrected chi connectivity index (χ0v) is 18.0. The normalized spacial score (nSPS) is 21.5. The number of nitrogens with one attached hydrogen (secondary N) is 2. The largest absolute Gasteiger partial charge is 0.391 e. The van der Waals surface area contributed by atoms with E-state index in [0.29, 0.717) is 13.0 Å². The Labute approximate surface area is 180 Å². The van der Waals surface area contributed by atoms with Gasteiger partial charge >= 0.3 is 0 Å². The Morgan fingerprint density at radius 1 is 1.29 bits per heavy atom. The lowest BCUT2D eigenvalue weighted by molar-refractivity contribution is -0.118. The average molecular weight is 462 g/mol. The molecule has 0 unspecified atom stereocenters. The predicted molar refractivity (Wildman–Crippen MR) is 111 cm³/mol. The van der Waals surface area contributed by atoms with Gasteiger partial charge in [0.25, 0.3) is 6.43 Å². The van der Waals surface area contributed by atoms with E-state index in [1.807, 2.05) is 4.72 Å². The molecule has 9 nitrogen and oxygen atoms in total. The smallest absolute Gasteiger partial charge is 0.251 e. The molecule has 0 aromatic carbocycles. The maximum absolute atomic E-state index is 12.6. The predicted octanol–water partition coefficient (Wildman–Crippen LogP) is 1.04. The summed E-state index contributed by atoms with van der Waals surface area (Å²) in [6.45, 7) is -0.479. The highest BCUT2D eigenvalue weighted by Crippen LogP contribution is 2.31. The van der Waals surface area contributed by atoms with Gasteiger partial charge < -0.3 is 21.1 Å². The summed E-state index contributed by atoms with van der Waals surface area (Å²) in [7, 11) is -4.27. The highest BCUT2D eigenvalue weighted by atomic mass is 32.2. The van der Waals surface area contributed by atoms with Crippen molar-refractivity contribution in [1.29, 1.82) is 0 Å². The summed E-state index contributed by atoms with van der Waals surface area (Å²) in [5.74, 6) is -0.209. The van der Waals surface area contributed by atoms with Gasteiger partial charge in [0.15, 0.2) is 0 Å². The van der Waals surface area contributed by atoms with Crippen LogP contribution in [0, 0.1) is 5.92 Å². The monoisotopic (exact) mass is 461 g/mol. The molecule has 1 saturated heterocycles. The van der Waals surface area contributed by atoms with E-state index >= 15 is 0 Å². The first-order valence-electron chi connectivity index (χ1n) is 10.4. The number of sulfonamides is 1. The number of β-amino-alcohol motifs (C(OH)–C–C–N with tert-alkyl or cyclic N) is 1. The fourth-order valence-electron chi connectivity index (χ4n) is 4.08. The van der Waals surface area contributed by atoms with Gasteiger partial charge in [-0.05, 0) is 25.2 Å². The summed E-state index contributed by atoms with van der Waals surface area (Å²) < 4.78 is 52.0. The number of aromatic nitrogens is 1. The molecule has 5 N–H and O–H groups in total. The second-order valence-corrected chi connectivity index (χ2v) is 9.82. The Hall–Kier alpha value is -1.89. The van der Waals surface area contributed by atoms with E-state index in [4.69, 9.17) is 5.73 Å². The third-order valence-electron chi connectivity index (χ3n) is 5.78. The number of nitrogens with zero attached hydrogens (tertiary/aromatic N) is 2. The fraction of sp³-hybridized carbons (Fsp3) is 0.684. The van der Waals surface area contributed by atoms with Crippen molar-refractivity contribution in [2.45, 2.75) is 62.0 Å². The van der Waals surface area contributed by atoms with Gasteiger partial charge in [0.05, 0.1) is 30.6 Å². The molecule has 12 heteroatoms. The molecule has 1 saturated carbocycles. The summed E-state index contributed by atoms with van der Waals surface area (Å²) in [6.07, 6.45) is 2.92. The number of hydrogen-bond acceptors (Lipinski definition) is 7. The van der Waals surface area contributed by atoms with Crippen LogP contribution in [0.3, 0.4) is 0 Å². The van der Waals surface area contributed by atoms with Gasteiger partial charge in [-0.3, -0.25) is 4.79 Å². The molecule has 1 amide bonds. The molecule has 0 spiro atoms. The molecule has 0 radical (unpaired) electrons. The molecule has 1 aliphatic carbocycles. The molecule has 31 heavy (non-hydrogen) atoms. The van der Waals surface area contributed by atoms with Crippen LogP contribution in [0.25, 0.3) is 0 Å². The van der Waals surface area contributed by atoms with E-state index in [-0.39, 0.29) is 28.9 Å². The standard InChI is InChI=1S/C19H29F2N5O4S/c20-16(21)10-24-31(29,30)15-9-23-17(8-14(15)26-7-6-13(27)11-26)25-19(28)18(22)12-4-2-1-3-5-12/h8-9,12-13,16,18,24,27H,1-7,10-11,22H2,(H,23,25,28)/t13-,18-/m0/s1. The molecule has 2 atom stereocenters. The number of halogens is 2. The number of nitrogens with two attached hydrogens (primary N) is 1. The van der Waals surface area contributed by atoms with Crippen molar-refractivity contribution in [2.24, 2.45) is 11.7 Å². The van der Waals surface area contributed by atoms with Crippen molar-refractivity contribution in [2.75, 3.05) is 29.9 Å².